The van der Waals surface area contributed by atoms with Crippen LogP contribution in [0.15, 0.2) is 6.07 Å². The molecule has 23 heavy (non-hydrogen) atoms. The Morgan fingerprint density at radius 1 is 1.13 bits per heavy atom. The molecule has 2 fully saturated rings. The minimum absolute atomic E-state index is 0.299. The second kappa shape index (κ2) is 6.63. The molecule has 1 N–H and O–H groups in total. The second-order valence-electron chi connectivity index (χ2n) is 7.45. The van der Waals surface area contributed by atoms with Gasteiger partial charge < -0.3 is 10.2 Å². The molecule has 2 heterocycles. The van der Waals surface area contributed by atoms with Crippen LogP contribution in [-0.2, 0) is 24.4 Å². The van der Waals surface area contributed by atoms with Gasteiger partial charge in [0.15, 0.2) is 0 Å². The van der Waals surface area contributed by atoms with Crippen LogP contribution in [0.25, 0.3) is 0 Å². The lowest BCUT2D eigenvalue weighted by Crippen LogP contribution is -2.38. The third kappa shape index (κ3) is 3.30. The van der Waals surface area contributed by atoms with Crippen LogP contribution >= 0.6 is 0 Å². The summed E-state index contributed by atoms with van der Waals surface area (Å²) < 4.78 is 2.12. The van der Waals surface area contributed by atoms with Crippen LogP contribution in [0.4, 0.5) is 0 Å². The Morgan fingerprint density at radius 3 is 2.70 bits per heavy atom. The van der Waals surface area contributed by atoms with E-state index in [-0.39, 0.29) is 0 Å². The summed E-state index contributed by atoms with van der Waals surface area (Å²) in [5, 5.41) is 8.40. The largest absolute Gasteiger partial charge is 0.337 e. The van der Waals surface area contributed by atoms with Crippen molar-refractivity contribution in [1.29, 1.82) is 0 Å². The maximum Gasteiger partial charge on any atom is 0.226 e. The fraction of sp³-hybridized carbons (Fsp3) is 0.778. The maximum absolute atomic E-state index is 12.5. The van der Waals surface area contributed by atoms with Gasteiger partial charge in [-0.3, -0.25) is 9.48 Å². The number of aryl methyl sites for hydroxylation is 1. The number of carbonyl (C=O) groups is 1. The normalized spacial score (nSPS) is 22.7. The number of carbonyl (C=O) groups excluding carboxylic acids is 1. The number of fused-ring (bicyclic) bond motifs is 1. The van der Waals surface area contributed by atoms with Gasteiger partial charge in [-0.25, -0.2) is 0 Å². The zero-order valence-electron chi connectivity index (χ0n) is 14.0. The van der Waals surface area contributed by atoms with Gasteiger partial charge in [-0.1, -0.05) is 19.3 Å². The van der Waals surface area contributed by atoms with Crippen LogP contribution < -0.4 is 5.32 Å². The molecule has 5 heteroatoms. The molecule has 0 radical (unpaired) electrons. The molecule has 4 rings (SSSR count). The summed E-state index contributed by atoms with van der Waals surface area (Å²) in [5.41, 5.74) is 2.34. The molecule has 5 nitrogen and oxygen atoms in total. The van der Waals surface area contributed by atoms with E-state index >= 15 is 0 Å². The lowest BCUT2D eigenvalue weighted by atomic mass is 9.84. The third-order valence-electron chi connectivity index (χ3n) is 5.76. The average molecular weight is 316 g/mol. The SMILES string of the molecule is O=C(C1CCC1)N1CCCn2nc(CNC3CCCC3)cc2C1. The molecule has 2 saturated carbocycles. The molecule has 0 spiro atoms. The number of aromatic nitrogens is 2. The van der Waals surface area contributed by atoms with Crippen LogP contribution in [0, 0.1) is 5.92 Å². The van der Waals surface area contributed by atoms with E-state index in [1.54, 1.807) is 0 Å². The highest BCUT2D eigenvalue weighted by molar-refractivity contribution is 5.79. The Labute approximate surface area is 138 Å². The van der Waals surface area contributed by atoms with Gasteiger partial charge in [0.05, 0.1) is 17.9 Å². The van der Waals surface area contributed by atoms with Crippen LogP contribution in [0.3, 0.4) is 0 Å². The van der Waals surface area contributed by atoms with Crippen LogP contribution in [0.5, 0.6) is 0 Å². The van der Waals surface area contributed by atoms with E-state index in [1.807, 2.05) is 0 Å². The smallest absolute Gasteiger partial charge is 0.226 e. The van der Waals surface area contributed by atoms with Crippen molar-refractivity contribution in [3.05, 3.63) is 17.5 Å². The standard InChI is InChI=1S/C18H28N4O/c23-18(14-5-3-6-14)21-9-4-10-22-17(13-21)11-16(20-22)12-19-15-7-1-2-8-15/h11,14-15,19H,1-10,12-13H2. The van der Waals surface area contributed by atoms with Crippen LogP contribution in [0.1, 0.15) is 62.8 Å². The van der Waals surface area contributed by atoms with Crippen molar-refractivity contribution in [3.8, 4) is 0 Å². The fourth-order valence-electron chi connectivity index (χ4n) is 4.09. The molecule has 1 aromatic heterocycles. The van der Waals surface area contributed by atoms with Gasteiger partial charge in [0.2, 0.25) is 5.91 Å². The highest BCUT2D eigenvalue weighted by Crippen LogP contribution is 2.29. The number of rotatable bonds is 4. The summed E-state index contributed by atoms with van der Waals surface area (Å²) in [7, 11) is 0. The lowest BCUT2D eigenvalue weighted by Gasteiger charge is -2.30. The van der Waals surface area contributed by atoms with Crippen molar-refractivity contribution in [2.24, 2.45) is 5.92 Å². The second-order valence-corrected chi connectivity index (χ2v) is 7.45. The van der Waals surface area contributed by atoms with Crippen molar-refractivity contribution in [3.63, 3.8) is 0 Å². The van der Waals surface area contributed by atoms with E-state index in [0.29, 0.717) is 17.9 Å². The lowest BCUT2D eigenvalue weighted by molar-refractivity contribution is -0.138. The topological polar surface area (TPSA) is 50.2 Å². The first kappa shape index (κ1) is 15.2. The highest BCUT2D eigenvalue weighted by atomic mass is 16.2. The van der Waals surface area contributed by atoms with Gasteiger partial charge in [-0.2, -0.15) is 5.10 Å². The highest BCUT2D eigenvalue weighted by Gasteiger charge is 2.30. The van der Waals surface area contributed by atoms with E-state index in [1.165, 1.54) is 37.8 Å². The number of nitrogens with zero attached hydrogens (tertiary/aromatic N) is 3. The molecule has 2 aliphatic carbocycles. The molecule has 3 aliphatic rings. The van der Waals surface area contributed by atoms with E-state index in [0.717, 1.165) is 51.1 Å². The number of hydrogen-bond donors (Lipinski definition) is 1. The quantitative estimate of drug-likeness (QED) is 0.928. The first-order chi connectivity index (χ1) is 11.3. The first-order valence-electron chi connectivity index (χ1n) is 9.37. The molecule has 0 unspecified atom stereocenters. The van der Waals surface area contributed by atoms with Crippen molar-refractivity contribution >= 4 is 5.91 Å². The number of amides is 1. The molecule has 1 aliphatic heterocycles. The van der Waals surface area contributed by atoms with Crippen molar-refractivity contribution < 1.29 is 4.79 Å². The average Bonchev–Trinajstić information content (AvgIpc) is 3.09. The van der Waals surface area contributed by atoms with Crippen molar-refractivity contribution in [2.45, 2.75) is 77.0 Å². The summed E-state index contributed by atoms with van der Waals surface area (Å²) in [5.74, 6) is 0.671. The van der Waals surface area contributed by atoms with Crippen molar-refractivity contribution in [1.82, 2.24) is 20.0 Å². The molecule has 0 atom stereocenters. The summed E-state index contributed by atoms with van der Waals surface area (Å²) in [4.78, 5) is 14.6. The molecule has 1 aromatic rings. The summed E-state index contributed by atoms with van der Waals surface area (Å²) in [6.45, 7) is 3.43. The maximum atomic E-state index is 12.5. The van der Waals surface area contributed by atoms with E-state index in [4.69, 9.17) is 5.10 Å². The zero-order chi connectivity index (χ0) is 15.6. The predicted molar refractivity (Wildman–Crippen MR) is 88.7 cm³/mol. The molecular weight excluding hydrogens is 288 g/mol. The minimum Gasteiger partial charge on any atom is -0.337 e. The van der Waals surface area contributed by atoms with Crippen molar-refractivity contribution in [2.75, 3.05) is 6.54 Å². The Balaban J connectivity index is 1.39. The fourth-order valence-corrected chi connectivity index (χ4v) is 4.09. The van der Waals surface area contributed by atoms with E-state index < -0.39 is 0 Å². The third-order valence-corrected chi connectivity index (χ3v) is 5.76. The monoisotopic (exact) mass is 316 g/mol. The molecule has 126 valence electrons. The minimum atomic E-state index is 0.299. The zero-order valence-corrected chi connectivity index (χ0v) is 14.0. The Hall–Kier alpha value is -1.36. The van der Waals surface area contributed by atoms with Gasteiger partial charge in [0.1, 0.15) is 0 Å². The first-order valence-corrected chi connectivity index (χ1v) is 9.37. The van der Waals surface area contributed by atoms with Gasteiger partial charge >= 0.3 is 0 Å². The van der Waals surface area contributed by atoms with Gasteiger partial charge in [0, 0.05) is 31.6 Å². The molecule has 1 amide bonds. The summed E-state index contributed by atoms with van der Waals surface area (Å²) in [6.07, 6.45) is 9.73. The Kier molecular flexibility index (Phi) is 4.38. The van der Waals surface area contributed by atoms with E-state index in [9.17, 15) is 4.79 Å². The Bertz CT molecular complexity index is 557. The molecular formula is C18H28N4O. The van der Waals surface area contributed by atoms with Crippen LogP contribution in [0.2, 0.25) is 0 Å². The molecule has 0 bridgehead atoms. The Morgan fingerprint density at radius 2 is 1.96 bits per heavy atom. The number of nitrogens with one attached hydrogen (secondary N) is 1. The predicted octanol–water partition coefficient (Wildman–Crippen LogP) is 2.45. The van der Waals surface area contributed by atoms with E-state index in [2.05, 4.69) is 21.0 Å². The summed E-state index contributed by atoms with van der Waals surface area (Å²) in [6, 6.07) is 2.88. The number of hydrogen-bond acceptors (Lipinski definition) is 3. The molecule has 0 aromatic carbocycles. The molecule has 0 saturated heterocycles. The van der Waals surface area contributed by atoms with Gasteiger partial charge in [-0.05, 0) is 38.2 Å². The van der Waals surface area contributed by atoms with Crippen LogP contribution in [-0.4, -0.2) is 33.2 Å². The van der Waals surface area contributed by atoms with Gasteiger partial charge in [0.25, 0.3) is 0 Å². The summed E-state index contributed by atoms with van der Waals surface area (Å²) >= 11 is 0. The van der Waals surface area contributed by atoms with Gasteiger partial charge in [-0.15, -0.1) is 0 Å².